The number of hydrogen-bond donors (Lipinski definition) is 2. The van der Waals surface area contributed by atoms with Gasteiger partial charge in [-0.3, -0.25) is 4.79 Å². The van der Waals surface area contributed by atoms with Gasteiger partial charge in [0.15, 0.2) is 0 Å². The fourth-order valence-electron chi connectivity index (χ4n) is 3.04. The highest BCUT2D eigenvalue weighted by Gasteiger charge is 2.20. The summed E-state index contributed by atoms with van der Waals surface area (Å²) < 4.78 is 2.22. The summed E-state index contributed by atoms with van der Waals surface area (Å²) in [5.74, 6) is 0.0636. The molecule has 4 heteroatoms. The maximum Gasteiger partial charge on any atom is 0.253 e. The van der Waals surface area contributed by atoms with Gasteiger partial charge in [0.05, 0.1) is 5.56 Å². The van der Waals surface area contributed by atoms with Gasteiger partial charge in [-0.2, -0.15) is 0 Å². The number of carbonyl (C=O) groups is 1. The number of piperidine rings is 1. The molecule has 2 heterocycles. The summed E-state index contributed by atoms with van der Waals surface area (Å²) in [4.78, 5) is 12.4. The Morgan fingerprint density at radius 2 is 2.21 bits per heavy atom. The summed E-state index contributed by atoms with van der Waals surface area (Å²) in [7, 11) is 0. The van der Waals surface area contributed by atoms with E-state index in [1.807, 2.05) is 13.0 Å². The molecule has 106 valence electrons. The summed E-state index contributed by atoms with van der Waals surface area (Å²) in [6.45, 7) is 10.3. The van der Waals surface area contributed by atoms with E-state index in [0.717, 1.165) is 42.9 Å². The van der Waals surface area contributed by atoms with E-state index in [2.05, 4.69) is 36.0 Å². The second kappa shape index (κ2) is 5.78. The average Bonchev–Trinajstić information content (AvgIpc) is 2.66. The second-order valence-corrected chi connectivity index (χ2v) is 5.77. The molecular formula is C15H25N3O. The fraction of sp³-hybridized carbons (Fsp3) is 0.667. The number of hydrogen-bond acceptors (Lipinski definition) is 2. The van der Waals surface area contributed by atoms with Crippen LogP contribution in [0.4, 0.5) is 0 Å². The molecule has 0 saturated carbocycles. The molecule has 0 bridgehead atoms. The summed E-state index contributed by atoms with van der Waals surface area (Å²) in [5, 5.41) is 6.46. The lowest BCUT2D eigenvalue weighted by Gasteiger charge is -2.23. The van der Waals surface area contributed by atoms with Crippen molar-refractivity contribution < 1.29 is 4.79 Å². The quantitative estimate of drug-likeness (QED) is 0.878. The van der Waals surface area contributed by atoms with Crippen LogP contribution in [0.3, 0.4) is 0 Å². The van der Waals surface area contributed by atoms with Crippen molar-refractivity contribution in [2.75, 3.05) is 13.1 Å². The lowest BCUT2D eigenvalue weighted by atomic mass is 10.1. The van der Waals surface area contributed by atoms with Crippen molar-refractivity contribution in [2.45, 2.75) is 52.6 Å². The summed E-state index contributed by atoms with van der Waals surface area (Å²) in [6, 6.07) is 2.65. The number of nitrogens with one attached hydrogen (secondary N) is 2. The van der Waals surface area contributed by atoms with Crippen molar-refractivity contribution in [3.8, 4) is 0 Å². The van der Waals surface area contributed by atoms with E-state index in [9.17, 15) is 4.79 Å². The van der Waals surface area contributed by atoms with Crippen LogP contribution in [-0.4, -0.2) is 29.6 Å². The Kier molecular flexibility index (Phi) is 4.30. The molecule has 2 rings (SSSR count). The zero-order valence-corrected chi connectivity index (χ0v) is 12.4. The molecule has 1 aliphatic heterocycles. The van der Waals surface area contributed by atoms with E-state index in [4.69, 9.17) is 0 Å². The predicted octanol–water partition coefficient (Wildman–Crippen LogP) is 2.17. The highest BCUT2D eigenvalue weighted by Crippen LogP contribution is 2.20. The van der Waals surface area contributed by atoms with Gasteiger partial charge in [0, 0.05) is 30.0 Å². The monoisotopic (exact) mass is 263 g/mol. The average molecular weight is 263 g/mol. The molecule has 1 aliphatic rings. The van der Waals surface area contributed by atoms with E-state index in [1.165, 1.54) is 0 Å². The molecule has 1 saturated heterocycles. The van der Waals surface area contributed by atoms with Gasteiger partial charge in [-0.05, 0) is 53.1 Å². The van der Waals surface area contributed by atoms with Crippen LogP contribution in [0, 0.1) is 13.8 Å². The molecule has 0 radical (unpaired) electrons. The number of aromatic nitrogens is 1. The minimum atomic E-state index is 0.0636. The number of carbonyl (C=O) groups excluding carboxylic acids is 1. The molecule has 19 heavy (non-hydrogen) atoms. The first kappa shape index (κ1) is 14.1. The molecule has 0 spiro atoms. The van der Waals surface area contributed by atoms with E-state index >= 15 is 0 Å². The maximum atomic E-state index is 12.4. The highest BCUT2D eigenvalue weighted by molar-refractivity contribution is 5.95. The van der Waals surface area contributed by atoms with Crippen LogP contribution < -0.4 is 10.6 Å². The molecule has 1 aromatic rings. The summed E-state index contributed by atoms with van der Waals surface area (Å²) in [6.07, 6.45) is 2.21. The fourth-order valence-corrected chi connectivity index (χ4v) is 3.04. The third kappa shape index (κ3) is 3.00. The Morgan fingerprint density at radius 3 is 2.74 bits per heavy atom. The van der Waals surface area contributed by atoms with Crippen molar-refractivity contribution in [3.63, 3.8) is 0 Å². The van der Waals surface area contributed by atoms with Crippen molar-refractivity contribution in [1.82, 2.24) is 15.2 Å². The summed E-state index contributed by atoms with van der Waals surface area (Å²) in [5.41, 5.74) is 3.03. The molecule has 1 atom stereocenters. The number of nitrogens with zero attached hydrogens (tertiary/aromatic N) is 1. The topological polar surface area (TPSA) is 46.1 Å². The van der Waals surface area contributed by atoms with Gasteiger partial charge in [-0.15, -0.1) is 0 Å². The zero-order chi connectivity index (χ0) is 14.0. The van der Waals surface area contributed by atoms with Gasteiger partial charge in [-0.1, -0.05) is 0 Å². The molecular weight excluding hydrogens is 238 g/mol. The van der Waals surface area contributed by atoms with Gasteiger partial charge in [0.25, 0.3) is 5.91 Å². The highest BCUT2D eigenvalue weighted by atomic mass is 16.1. The number of aryl methyl sites for hydroxylation is 1. The minimum Gasteiger partial charge on any atom is -0.348 e. The third-order valence-electron chi connectivity index (χ3n) is 3.88. The van der Waals surface area contributed by atoms with Crippen molar-refractivity contribution in [3.05, 3.63) is 23.0 Å². The molecule has 0 aliphatic carbocycles. The Bertz CT molecular complexity index is 456. The Labute approximate surface area is 115 Å². The first-order valence-corrected chi connectivity index (χ1v) is 7.20. The summed E-state index contributed by atoms with van der Waals surface area (Å²) >= 11 is 0. The smallest absolute Gasteiger partial charge is 0.253 e. The SMILES string of the molecule is Cc1cc(C(=O)NC2CCCNC2)c(C)n1C(C)C. The lowest BCUT2D eigenvalue weighted by Crippen LogP contribution is -2.45. The Morgan fingerprint density at radius 1 is 1.47 bits per heavy atom. The number of amides is 1. The molecule has 0 aromatic carbocycles. The maximum absolute atomic E-state index is 12.4. The van der Waals surface area contributed by atoms with E-state index < -0.39 is 0 Å². The number of rotatable bonds is 3. The third-order valence-corrected chi connectivity index (χ3v) is 3.88. The van der Waals surface area contributed by atoms with Gasteiger partial charge in [0.2, 0.25) is 0 Å². The molecule has 4 nitrogen and oxygen atoms in total. The van der Waals surface area contributed by atoms with Crippen molar-refractivity contribution in [1.29, 1.82) is 0 Å². The van der Waals surface area contributed by atoms with Crippen molar-refractivity contribution in [2.24, 2.45) is 0 Å². The van der Waals surface area contributed by atoms with Crippen molar-refractivity contribution >= 4 is 5.91 Å². The van der Waals surface area contributed by atoms with Crippen LogP contribution in [0.2, 0.25) is 0 Å². The molecule has 1 amide bonds. The zero-order valence-electron chi connectivity index (χ0n) is 12.4. The molecule has 1 fully saturated rings. The van der Waals surface area contributed by atoms with Crippen LogP contribution in [0.25, 0.3) is 0 Å². The lowest BCUT2D eigenvalue weighted by molar-refractivity contribution is 0.0930. The van der Waals surface area contributed by atoms with Crippen LogP contribution in [0.1, 0.15) is 54.5 Å². The van der Waals surface area contributed by atoms with Gasteiger partial charge >= 0.3 is 0 Å². The minimum absolute atomic E-state index is 0.0636. The van der Waals surface area contributed by atoms with E-state index in [1.54, 1.807) is 0 Å². The Balaban J connectivity index is 2.12. The normalized spacial score (nSPS) is 19.7. The Hall–Kier alpha value is -1.29. The largest absolute Gasteiger partial charge is 0.348 e. The molecule has 1 unspecified atom stereocenters. The molecule has 1 aromatic heterocycles. The standard InChI is InChI=1S/C15H25N3O/c1-10(2)18-11(3)8-14(12(18)4)15(19)17-13-6-5-7-16-9-13/h8,10,13,16H,5-7,9H2,1-4H3,(H,17,19). The molecule has 2 N–H and O–H groups in total. The first-order chi connectivity index (χ1) is 9.00. The van der Waals surface area contributed by atoms with Crippen LogP contribution in [0.15, 0.2) is 6.07 Å². The van der Waals surface area contributed by atoms with Gasteiger partial charge in [-0.25, -0.2) is 0 Å². The van der Waals surface area contributed by atoms with E-state index in [0.29, 0.717) is 6.04 Å². The van der Waals surface area contributed by atoms with Crippen LogP contribution >= 0.6 is 0 Å². The predicted molar refractivity (Wildman–Crippen MR) is 77.6 cm³/mol. The van der Waals surface area contributed by atoms with Gasteiger partial charge < -0.3 is 15.2 Å². The second-order valence-electron chi connectivity index (χ2n) is 5.77. The van der Waals surface area contributed by atoms with E-state index in [-0.39, 0.29) is 11.9 Å². The van der Waals surface area contributed by atoms with Crippen LogP contribution in [0.5, 0.6) is 0 Å². The first-order valence-electron chi connectivity index (χ1n) is 7.20. The van der Waals surface area contributed by atoms with Crippen LogP contribution in [-0.2, 0) is 0 Å². The van der Waals surface area contributed by atoms with Gasteiger partial charge in [0.1, 0.15) is 0 Å².